The lowest BCUT2D eigenvalue weighted by molar-refractivity contribution is -0.141. The topological polar surface area (TPSA) is 222 Å². The molecule has 4 amide bonds. The van der Waals surface area contributed by atoms with Gasteiger partial charge < -0.3 is 37.5 Å². The SMILES string of the molecule is CC(NC(=O)C(CS)NC(=O)C(CC(N)=O)NC(=O)C(N)Cc1cnc[nH]1)C(=O)O. The predicted molar refractivity (Wildman–Crippen MR) is 107 cm³/mol. The summed E-state index contributed by atoms with van der Waals surface area (Å²) < 4.78 is 0. The Morgan fingerprint density at radius 2 is 1.73 bits per heavy atom. The summed E-state index contributed by atoms with van der Waals surface area (Å²) in [5, 5.41) is 15.7. The van der Waals surface area contributed by atoms with Crippen LogP contribution < -0.4 is 27.4 Å². The number of imidazole rings is 1. The number of carboxylic acids is 1. The maximum absolute atomic E-state index is 12.5. The van der Waals surface area contributed by atoms with Gasteiger partial charge in [0.15, 0.2) is 0 Å². The number of carbonyl (C=O) groups is 5. The Kier molecular flexibility index (Phi) is 9.77. The highest BCUT2D eigenvalue weighted by Gasteiger charge is 2.29. The van der Waals surface area contributed by atoms with Crippen LogP contribution in [-0.2, 0) is 30.4 Å². The minimum Gasteiger partial charge on any atom is -0.480 e. The number of aromatic amines is 1. The van der Waals surface area contributed by atoms with Gasteiger partial charge in [0.1, 0.15) is 18.1 Å². The standard InChI is InChI=1S/C16H25N7O6S/c1-7(16(28)29)21-15(27)11(5-30)23-14(26)10(3-12(18)24)22-13(25)9(17)2-8-4-19-6-20-8/h4,6-7,9-11,30H,2-3,5,17H2,1H3,(H2,18,24)(H,19,20)(H,21,27)(H,22,25)(H,23,26)(H,28,29). The highest BCUT2D eigenvalue weighted by Crippen LogP contribution is 2.00. The minimum absolute atomic E-state index is 0.103. The first-order valence-corrected chi connectivity index (χ1v) is 9.44. The first kappa shape index (κ1) is 24.9. The van der Waals surface area contributed by atoms with Gasteiger partial charge in [-0.05, 0) is 6.92 Å². The third-order valence-corrected chi connectivity index (χ3v) is 4.28. The number of aliphatic carboxylic acids is 1. The highest BCUT2D eigenvalue weighted by molar-refractivity contribution is 7.80. The molecule has 9 N–H and O–H groups in total. The van der Waals surface area contributed by atoms with Crippen LogP contribution in [0.15, 0.2) is 12.5 Å². The Labute approximate surface area is 177 Å². The fourth-order valence-electron chi connectivity index (χ4n) is 2.26. The summed E-state index contributed by atoms with van der Waals surface area (Å²) in [7, 11) is 0. The molecule has 1 heterocycles. The molecule has 166 valence electrons. The van der Waals surface area contributed by atoms with Gasteiger partial charge in [0.05, 0.1) is 18.8 Å². The van der Waals surface area contributed by atoms with Gasteiger partial charge in [0.25, 0.3) is 0 Å². The normalized spacial score (nSPS) is 14.6. The van der Waals surface area contributed by atoms with Crippen molar-refractivity contribution in [2.24, 2.45) is 11.5 Å². The second-order valence-electron chi connectivity index (χ2n) is 6.43. The highest BCUT2D eigenvalue weighted by atomic mass is 32.1. The van der Waals surface area contributed by atoms with Crippen LogP contribution in [0.25, 0.3) is 0 Å². The van der Waals surface area contributed by atoms with Gasteiger partial charge in [-0.3, -0.25) is 24.0 Å². The number of aromatic nitrogens is 2. The van der Waals surface area contributed by atoms with Crippen molar-refractivity contribution < 1.29 is 29.1 Å². The second-order valence-corrected chi connectivity index (χ2v) is 6.80. The van der Waals surface area contributed by atoms with Gasteiger partial charge in [-0.15, -0.1) is 0 Å². The molecule has 4 atom stereocenters. The third-order valence-electron chi connectivity index (χ3n) is 3.91. The molecule has 1 aromatic rings. The van der Waals surface area contributed by atoms with Gasteiger partial charge in [0, 0.05) is 24.1 Å². The number of carbonyl (C=O) groups excluding carboxylic acids is 4. The summed E-state index contributed by atoms with van der Waals surface area (Å²) in [5.41, 5.74) is 11.5. The van der Waals surface area contributed by atoms with Gasteiger partial charge in [0.2, 0.25) is 23.6 Å². The molecule has 30 heavy (non-hydrogen) atoms. The molecule has 0 spiro atoms. The first-order chi connectivity index (χ1) is 14.0. The van der Waals surface area contributed by atoms with E-state index in [9.17, 15) is 24.0 Å². The molecule has 0 bridgehead atoms. The molecular formula is C16H25N7O6S. The third kappa shape index (κ3) is 8.08. The van der Waals surface area contributed by atoms with Crippen LogP contribution in [0.5, 0.6) is 0 Å². The molecule has 0 aliphatic heterocycles. The Balaban J connectivity index is 2.78. The molecular weight excluding hydrogens is 418 g/mol. The van der Waals surface area contributed by atoms with Crippen molar-refractivity contribution >= 4 is 42.2 Å². The van der Waals surface area contributed by atoms with E-state index in [0.29, 0.717) is 5.69 Å². The number of nitrogens with two attached hydrogens (primary N) is 2. The fourth-order valence-corrected chi connectivity index (χ4v) is 2.51. The summed E-state index contributed by atoms with van der Waals surface area (Å²) in [4.78, 5) is 65.7. The molecule has 14 heteroatoms. The molecule has 0 saturated carbocycles. The number of carboxylic acid groups (broad SMARTS) is 1. The zero-order chi connectivity index (χ0) is 22.8. The van der Waals surface area contributed by atoms with Crippen LogP contribution in [0.3, 0.4) is 0 Å². The number of thiol groups is 1. The number of hydrogen-bond acceptors (Lipinski definition) is 8. The van der Waals surface area contributed by atoms with Crippen molar-refractivity contribution in [3.05, 3.63) is 18.2 Å². The van der Waals surface area contributed by atoms with Gasteiger partial charge in [-0.2, -0.15) is 12.6 Å². The second kappa shape index (κ2) is 11.8. The van der Waals surface area contributed by atoms with Crippen LogP contribution in [0, 0.1) is 0 Å². The van der Waals surface area contributed by atoms with Crippen LogP contribution in [0.4, 0.5) is 0 Å². The Morgan fingerprint density at radius 1 is 1.13 bits per heavy atom. The van der Waals surface area contributed by atoms with Crippen molar-refractivity contribution in [2.75, 3.05) is 5.75 Å². The van der Waals surface area contributed by atoms with Crippen molar-refractivity contribution in [2.45, 2.75) is 43.9 Å². The molecule has 13 nitrogen and oxygen atoms in total. The molecule has 4 unspecified atom stereocenters. The molecule has 1 aromatic heterocycles. The lowest BCUT2D eigenvalue weighted by atomic mass is 10.1. The maximum Gasteiger partial charge on any atom is 0.325 e. The number of amides is 4. The van der Waals surface area contributed by atoms with Crippen LogP contribution in [-0.4, -0.2) is 74.6 Å². The Hall–Kier alpha value is -3.13. The number of primary amides is 1. The van der Waals surface area contributed by atoms with Crippen LogP contribution in [0.2, 0.25) is 0 Å². The van der Waals surface area contributed by atoms with Crippen LogP contribution >= 0.6 is 12.6 Å². The Bertz CT molecular complexity index is 772. The van der Waals surface area contributed by atoms with Crippen molar-refractivity contribution in [3.8, 4) is 0 Å². The molecule has 0 saturated heterocycles. The maximum atomic E-state index is 12.5. The number of hydrogen-bond donors (Lipinski definition) is 8. The summed E-state index contributed by atoms with van der Waals surface area (Å²) in [6, 6.07) is -4.85. The lowest BCUT2D eigenvalue weighted by Crippen LogP contribution is -2.58. The number of nitrogens with zero attached hydrogens (tertiary/aromatic N) is 1. The summed E-state index contributed by atoms with van der Waals surface area (Å²) in [6.07, 6.45) is 2.46. The molecule has 0 aliphatic rings. The van der Waals surface area contributed by atoms with E-state index in [-0.39, 0.29) is 12.2 Å². The molecule has 1 rings (SSSR count). The molecule has 0 radical (unpaired) electrons. The predicted octanol–water partition coefficient (Wildman–Crippen LogP) is -3.36. The smallest absolute Gasteiger partial charge is 0.325 e. The van der Waals surface area contributed by atoms with Gasteiger partial charge >= 0.3 is 5.97 Å². The Morgan fingerprint density at radius 3 is 2.23 bits per heavy atom. The lowest BCUT2D eigenvalue weighted by Gasteiger charge is -2.23. The molecule has 0 fully saturated rings. The monoisotopic (exact) mass is 443 g/mol. The quantitative estimate of drug-likeness (QED) is 0.152. The van der Waals surface area contributed by atoms with E-state index in [2.05, 4.69) is 38.5 Å². The van der Waals surface area contributed by atoms with E-state index in [1.165, 1.54) is 19.4 Å². The number of H-pyrrole nitrogens is 1. The zero-order valence-electron chi connectivity index (χ0n) is 16.1. The van der Waals surface area contributed by atoms with Crippen LogP contribution in [0.1, 0.15) is 19.0 Å². The fraction of sp³-hybridized carbons (Fsp3) is 0.500. The summed E-state index contributed by atoms with van der Waals surface area (Å²) >= 11 is 3.96. The van der Waals surface area contributed by atoms with Gasteiger partial charge in [-0.25, -0.2) is 4.98 Å². The summed E-state index contributed by atoms with van der Waals surface area (Å²) in [6.45, 7) is 1.24. The van der Waals surface area contributed by atoms with Crippen molar-refractivity contribution in [1.29, 1.82) is 0 Å². The average Bonchev–Trinajstić information content (AvgIpc) is 3.17. The number of nitrogens with one attached hydrogen (secondary N) is 4. The van der Waals surface area contributed by atoms with Gasteiger partial charge in [-0.1, -0.05) is 0 Å². The molecule has 0 aliphatic carbocycles. The van der Waals surface area contributed by atoms with E-state index in [4.69, 9.17) is 16.6 Å². The van der Waals surface area contributed by atoms with Crippen molar-refractivity contribution in [3.63, 3.8) is 0 Å². The van der Waals surface area contributed by atoms with E-state index in [1.54, 1.807) is 0 Å². The zero-order valence-corrected chi connectivity index (χ0v) is 17.0. The number of rotatable bonds is 12. The van der Waals surface area contributed by atoms with E-state index in [1.807, 2.05) is 0 Å². The molecule has 0 aromatic carbocycles. The van der Waals surface area contributed by atoms with E-state index in [0.717, 1.165) is 0 Å². The van der Waals surface area contributed by atoms with Crippen molar-refractivity contribution in [1.82, 2.24) is 25.9 Å². The first-order valence-electron chi connectivity index (χ1n) is 8.81. The average molecular weight is 443 g/mol. The minimum atomic E-state index is -1.39. The summed E-state index contributed by atoms with van der Waals surface area (Å²) in [5.74, 6) is -4.71. The largest absolute Gasteiger partial charge is 0.480 e. The van der Waals surface area contributed by atoms with E-state index < -0.39 is 60.2 Å². The van der Waals surface area contributed by atoms with E-state index >= 15 is 0 Å².